The van der Waals surface area contributed by atoms with E-state index in [9.17, 15) is 14.4 Å². The van der Waals surface area contributed by atoms with Crippen molar-refractivity contribution in [2.45, 2.75) is 361 Å². The van der Waals surface area contributed by atoms with E-state index in [2.05, 4.69) is 118 Å². The Morgan fingerprint density at radius 1 is 0.253 bits per heavy atom. The first-order valence-corrected chi connectivity index (χ1v) is 35.7. The van der Waals surface area contributed by atoms with Crippen molar-refractivity contribution in [3.63, 3.8) is 0 Å². The van der Waals surface area contributed by atoms with Gasteiger partial charge < -0.3 is 14.2 Å². The van der Waals surface area contributed by atoms with Crippen molar-refractivity contribution >= 4 is 17.9 Å². The standard InChI is InChI=1S/C77H134O6/c1-4-7-10-13-16-19-22-25-28-31-33-35-37-38-40-41-43-46-49-52-55-58-61-64-67-70-76(79)82-73-74(72-81-75(78)69-66-63-60-57-54-51-48-45-30-27-24-21-18-15-12-9-6-3)83-77(80)71-68-65-62-59-56-53-50-47-44-42-39-36-34-32-29-26-23-20-17-14-11-8-5-2/h7,10,16,19,25,28,32-35,38,40,43,46,52,55,74H,4-6,8-9,11-15,17-18,20-24,26-27,29-31,36-37,39,41-42,44-45,47-51,53-54,56-73H2,1-3H3/b10-7-,19-16-,28-25-,34-32-,35-33-,40-38-,46-43-,55-52-. The van der Waals surface area contributed by atoms with Gasteiger partial charge in [0.1, 0.15) is 13.2 Å². The van der Waals surface area contributed by atoms with E-state index in [1.807, 2.05) is 0 Å². The van der Waals surface area contributed by atoms with Gasteiger partial charge in [-0.05, 0) is 103 Å². The second kappa shape index (κ2) is 70.8. The molecule has 0 aliphatic rings. The van der Waals surface area contributed by atoms with Crippen molar-refractivity contribution in [1.82, 2.24) is 0 Å². The lowest BCUT2D eigenvalue weighted by Gasteiger charge is -2.18. The lowest BCUT2D eigenvalue weighted by molar-refractivity contribution is -0.167. The van der Waals surface area contributed by atoms with E-state index in [1.54, 1.807) is 0 Å². The van der Waals surface area contributed by atoms with E-state index < -0.39 is 6.10 Å². The quantitative estimate of drug-likeness (QED) is 0.0261. The fraction of sp³-hybridized carbons (Fsp3) is 0.753. The molecular weight excluding hydrogens is 1020 g/mol. The highest BCUT2D eigenvalue weighted by Crippen LogP contribution is 2.17. The van der Waals surface area contributed by atoms with Gasteiger partial charge in [-0.3, -0.25) is 14.4 Å². The minimum atomic E-state index is -0.793. The molecule has 6 nitrogen and oxygen atoms in total. The first-order chi connectivity index (χ1) is 41.0. The molecule has 0 N–H and O–H groups in total. The molecule has 83 heavy (non-hydrogen) atoms. The summed E-state index contributed by atoms with van der Waals surface area (Å²) < 4.78 is 17.0. The molecule has 0 amide bonds. The van der Waals surface area contributed by atoms with Gasteiger partial charge in [-0.1, -0.05) is 330 Å². The fourth-order valence-electron chi connectivity index (χ4n) is 10.2. The maximum Gasteiger partial charge on any atom is 0.306 e. The Morgan fingerprint density at radius 3 is 0.759 bits per heavy atom. The van der Waals surface area contributed by atoms with Crippen LogP contribution in [0.3, 0.4) is 0 Å². The van der Waals surface area contributed by atoms with Crippen LogP contribution in [0.1, 0.15) is 355 Å². The van der Waals surface area contributed by atoms with Crippen LogP contribution in [0.15, 0.2) is 97.2 Å². The van der Waals surface area contributed by atoms with Gasteiger partial charge in [0.2, 0.25) is 0 Å². The van der Waals surface area contributed by atoms with Gasteiger partial charge in [0.15, 0.2) is 6.10 Å². The summed E-state index contributed by atoms with van der Waals surface area (Å²) in [6.45, 7) is 6.55. The molecule has 1 atom stereocenters. The van der Waals surface area contributed by atoms with E-state index >= 15 is 0 Å². The van der Waals surface area contributed by atoms with Crippen molar-refractivity contribution in [3.8, 4) is 0 Å². The molecule has 0 aliphatic carbocycles. The Bertz CT molecular complexity index is 1610. The third kappa shape index (κ3) is 69.0. The number of unbranched alkanes of at least 4 members (excludes halogenated alkanes) is 38. The van der Waals surface area contributed by atoms with E-state index in [4.69, 9.17) is 14.2 Å². The number of ether oxygens (including phenoxy) is 3. The Kier molecular flexibility index (Phi) is 67.7. The molecule has 6 heteroatoms. The monoisotopic (exact) mass is 1160 g/mol. The molecule has 0 fully saturated rings. The first-order valence-electron chi connectivity index (χ1n) is 35.7. The smallest absolute Gasteiger partial charge is 0.306 e. The molecule has 1 unspecified atom stereocenters. The van der Waals surface area contributed by atoms with Crippen molar-refractivity contribution in [2.75, 3.05) is 13.2 Å². The number of esters is 3. The van der Waals surface area contributed by atoms with Crippen LogP contribution < -0.4 is 0 Å². The zero-order chi connectivity index (χ0) is 59.9. The van der Waals surface area contributed by atoms with Gasteiger partial charge in [0.25, 0.3) is 0 Å². The summed E-state index contributed by atoms with van der Waals surface area (Å²) in [5.41, 5.74) is 0. The molecule has 0 radical (unpaired) electrons. The molecule has 0 aliphatic heterocycles. The lowest BCUT2D eigenvalue weighted by atomic mass is 10.0. The predicted molar refractivity (Wildman–Crippen MR) is 362 cm³/mol. The third-order valence-electron chi connectivity index (χ3n) is 15.6. The summed E-state index contributed by atoms with van der Waals surface area (Å²) in [5.74, 6) is -0.901. The van der Waals surface area contributed by atoms with Crippen LogP contribution in [0.25, 0.3) is 0 Å². The minimum Gasteiger partial charge on any atom is -0.462 e. The van der Waals surface area contributed by atoms with Crippen molar-refractivity contribution in [3.05, 3.63) is 97.2 Å². The van der Waals surface area contributed by atoms with Crippen molar-refractivity contribution in [1.29, 1.82) is 0 Å². The molecule has 0 heterocycles. The van der Waals surface area contributed by atoms with Crippen LogP contribution >= 0.6 is 0 Å². The second-order valence-electron chi connectivity index (χ2n) is 23.8. The Balaban J connectivity index is 4.41. The third-order valence-corrected chi connectivity index (χ3v) is 15.6. The highest BCUT2D eigenvalue weighted by molar-refractivity contribution is 5.71. The van der Waals surface area contributed by atoms with Crippen LogP contribution in [-0.2, 0) is 28.6 Å². The number of rotatable bonds is 65. The average Bonchev–Trinajstić information content (AvgIpc) is 3.49. The summed E-state index contributed by atoms with van der Waals surface area (Å²) in [5, 5.41) is 0. The van der Waals surface area contributed by atoms with Gasteiger partial charge >= 0.3 is 17.9 Å². The largest absolute Gasteiger partial charge is 0.462 e. The Labute approximate surface area is 515 Å². The summed E-state index contributed by atoms with van der Waals surface area (Å²) in [6, 6.07) is 0. The summed E-state index contributed by atoms with van der Waals surface area (Å²) in [7, 11) is 0. The molecule has 0 spiro atoms. The van der Waals surface area contributed by atoms with Crippen LogP contribution in [0, 0.1) is 0 Å². The number of carbonyl (C=O) groups excluding carboxylic acids is 3. The molecule has 0 aromatic heterocycles. The molecule has 0 bridgehead atoms. The SMILES string of the molecule is CC/C=C\C/C=C\C/C=C\C/C=C\C/C=C\C/C=C\C/C=C\CCCCCC(=O)OCC(COC(=O)CCCCCCCCCCCCCCCCCCC)OC(=O)CCCCCCCCCCCCC/C=C\CCCCCCCCCC. The van der Waals surface area contributed by atoms with Gasteiger partial charge in [0.05, 0.1) is 0 Å². The summed E-state index contributed by atoms with van der Waals surface area (Å²) in [6.07, 6.45) is 95.7. The predicted octanol–water partition coefficient (Wildman–Crippen LogP) is 24.8. The number of hydrogen-bond acceptors (Lipinski definition) is 6. The Hall–Kier alpha value is -3.67. The van der Waals surface area contributed by atoms with E-state index in [0.29, 0.717) is 19.3 Å². The van der Waals surface area contributed by atoms with Gasteiger partial charge in [-0.2, -0.15) is 0 Å². The summed E-state index contributed by atoms with van der Waals surface area (Å²) in [4.78, 5) is 38.5. The van der Waals surface area contributed by atoms with E-state index in [0.717, 1.165) is 109 Å². The number of allylic oxidation sites excluding steroid dienone is 16. The van der Waals surface area contributed by atoms with Gasteiger partial charge in [-0.25, -0.2) is 0 Å². The normalized spacial score (nSPS) is 12.7. The number of hydrogen-bond donors (Lipinski definition) is 0. The molecule has 0 saturated carbocycles. The zero-order valence-corrected chi connectivity index (χ0v) is 54.9. The molecule has 0 rings (SSSR count). The average molecular weight is 1160 g/mol. The molecule has 0 aromatic rings. The van der Waals surface area contributed by atoms with Gasteiger partial charge in [-0.15, -0.1) is 0 Å². The maximum atomic E-state index is 13.0. The van der Waals surface area contributed by atoms with E-state index in [1.165, 1.54) is 205 Å². The summed E-state index contributed by atoms with van der Waals surface area (Å²) >= 11 is 0. The maximum absolute atomic E-state index is 13.0. The minimum absolute atomic E-state index is 0.0852. The van der Waals surface area contributed by atoms with Crippen LogP contribution in [-0.4, -0.2) is 37.2 Å². The van der Waals surface area contributed by atoms with Crippen LogP contribution in [0.4, 0.5) is 0 Å². The second-order valence-corrected chi connectivity index (χ2v) is 23.8. The Morgan fingerprint density at radius 2 is 0.470 bits per heavy atom. The fourth-order valence-corrected chi connectivity index (χ4v) is 10.2. The van der Waals surface area contributed by atoms with Crippen molar-refractivity contribution < 1.29 is 28.6 Å². The first kappa shape index (κ1) is 79.3. The van der Waals surface area contributed by atoms with Gasteiger partial charge in [0, 0.05) is 19.3 Å². The molecule has 478 valence electrons. The zero-order valence-electron chi connectivity index (χ0n) is 54.9. The van der Waals surface area contributed by atoms with E-state index in [-0.39, 0.29) is 31.1 Å². The highest BCUT2D eigenvalue weighted by atomic mass is 16.6. The lowest BCUT2D eigenvalue weighted by Crippen LogP contribution is -2.30. The molecule has 0 aromatic carbocycles. The highest BCUT2D eigenvalue weighted by Gasteiger charge is 2.19. The number of carbonyl (C=O) groups is 3. The molecular formula is C77H134O6. The van der Waals surface area contributed by atoms with Crippen LogP contribution in [0.5, 0.6) is 0 Å². The van der Waals surface area contributed by atoms with Crippen LogP contribution in [0.2, 0.25) is 0 Å². The topological polar surface area (TPSA) is 78.9 Å². The van der Waals surface area contributed by atoms with Crippen molar-refractivity contribution in [2.24, 2.45) is 0 Å². The molecule has 0 saturated heterocycles.